The molecule has 2 heterocycles. The van der Waals surface area contributed by atoms with Crippen LogP contribution in [0.3, 0.4) is 0 Å². The predicted molar refractivity (Wildman–Crippen MR) is 75.2 cm³/mol. The molecule has 0 saturated carbocycles. The molecule has 2 aliphatic rings. The zero-order chi connectivity index (χ0) is 14.2. The molecule has 2 saturated heterocycles. The van der Waals surface area contributed by atoms with Crippen molar-refractivity contribution >= 4 is 11.6 Å². The van der Waals surface area contributed by atoms with Gasteiger partial charge in [0.2, 0.25) is 0 Å². The van der Waals surface area contributed by atoms with Crippen molar-refractivity contribution in [2.75, 3.05) is 19.8 Å². The molecule has 0 radical (unpaired) electrons. The lowest BCUT2D eigenvalue weighted by atomic mass is 9.79. The van der Waals surface area contributed by atoms with E-state index in [2.05, 4.69) is 0 Å². The molecule has 3 nitrogen and oxygen atoms in total. The highest BCUT2D eigenvalue weighted by Gasteiger charge is 2.42. The second kappa shape index (κ2) is 5.60. The summed E-state index contributed by atoms with van der Waals surface area (Å²) in [4.78, 5) is 0. The van der Waals surface area contributed by atoms with Crippen LogP contribution in [0.2, 0.25) is 5.02 Å². The molecule has 2 fully saturated rings. The molecule has 0 aromatic heterocycles. The SMILES string of the molecule is NC(c1ccc(Cl)c(F)c1)C1CCOC2(CCOC2)C1. The molecule has 3 atom stereocenters. The van der Waals surface area contributed by atoms with Crippen LogP contribution in [0.25, 0.3) is 0 Å². The van der Waals surface area contributed by atoms with Gasteiger partial charge in [-0.05, 0) is 36.5 Å². The number of hydrogen-bond acceptors (Lipinski definition) is 3. The van der Waals surface area contributed by atoms with Crippen molar-refractivity contribution in [2.45, 2.75) is 30.9 Å². The van der Waals surface area contributed by atoms with Crippen molar-refractivity contribution in [1.82, 2.24) is 0 Å². The van der Waals surface area contributed by atoms with Crippen molar-refractivity contribution in [3.05, 3.63) is 34.6 Å². The second-order valence-electron chi connectivity index (χ2n) is 5.79. The Balaban J connectivity index is 1.75. The molecule has 2 N–H and O–H groups in total. The Morgan fingerprint density at radius 3 is 2.95 bits per heavy atom. The Morgan fingerprint density at radius 1 is 1.40 bits per heavy atom. The third-order valence-corrected chi connectivity index (χ3v) is 4.74. The molecule has 1 aromatic rings. The average molecular weight is 300 g/mol. The number of halogens is 2. The van der Waals surface area contributed by atoms with E-state index in [0.717, 1.165) is 31.4 Å². The summed E-state index contributed by atoms with van der Waals surface area (Å²) in [5.74, 6) is -0.128. The minimum atomic E-state index is -0.411. The molecule has 2 aliphatic heterocycles. The highest BCUT2D eigenvalue weighted by molar-refractivity contribution is 6.30. The van der Waals surface area contributed by atoms with Gasteiger partial charge in [-0.15, -0.1) is 0 Å². The molecule has 1 aromatic carbocycles. The van der Waals surface area contributed by atoms with Crippen LogP contribution >= 0.6 is 11.6 Å². The van der Waals surface area contributed by atoms with Gasteiger partial charge in [-0.3, -0.25) is 0 Å². The quantitative estimate of drug-likeness (QED) is 0.913. The van der Waals surface area contributed by atoms with Crippen LogP contribution in [0.5, 0.6) is 0 Å². The van der Waals surface area contributed by atoms with Gasteiger partial charge in [-0.25, -0.2) is 4.39 Å². The predicted octanol–water partition coefficient (Wildman–Crippen LogP) is 3.06. The fraction of sp³-hybridized carbons (Fsp3) is 0.600. The first-order chi connectivity index (χ1) is 9.60. The van der Waals surface area contributed by atoms with Gasteiger partial charge in [0, 0.05) is 25.7 Å². The Hall–Kier alpha value is -0.680. The van der Waals surface area contributed by atoms with E-state index < -0.39 is 5.82 Å². The molecule has 3 rings (SSSR count). The van der Waals surface area contributed by atoms with Crippen molar-refractivity contribution in [1.29, 1.82) is 0 Å². The fourth-order valence-electron chi connectivity index (χ4n) is 3.23. The topological polar surface area (TPSA) is 44.5 Å². The summed E-state index contributed by atoms with van der Waals surface area (Å²) in [6.07, 6.45) is 2.69. The van der Waals surface area contributed by atoms with Crippen LogP contribution in [0.1, 0.15) is 30.9 Å². The van der Waals surface area contributed by atoms with E-state index in [-0.39, 0.29) is 22.6 Å². The van der Waals surface area contributed by atoms with E-state index in [1.165, 1.54) is 6.07 Å². The monoisotopic (exact) mass is 299 g/mol. The normalized spacial score (nSPS) is 31.6. The van der Waals surface area contributed by atoms with E-state index in [9.17, 15) is 4.39 Å². The third-order valence-electron chi connectivity index (χ3n) is 4.43. The van der Waals surface area contributed by atoms with Gasteiger partial charge in [0.15, 0.2) is 0 Å². The summed E-state index contributed by atoms with van der Waals surface area (Å²) in [5, 5.41) is 0.133. The molecule has 0 aliphatic carbocycles. The maximum Gasteiger partial charge on any atom is 0.142 e. The number of rotatable bonds is 2. The number of benzene rings is 1. The molecule has 5 heteroatoms. The average Bonchev–Trinajstić information content (AvgIpc) is 2.89. The van der Waals surface area contributed by atoms with Crippen LogP contribution in [-0.2, 0) is 9.47 Å². The van der Waals surface area contributed by atoms with E-state index in [4.69, 9.17) is 26.8 Å². The Bertz CT molecular complexity index is 491. The molecule has 0 amide bonds. The Kier molecular flexibility index (Phi) is 4.00. The van der Waals surface area contributed by atoms with Crippen LogP contribution in [0, 0.1) is 11.7 Å². The molecule has 3 unspecified atom stereocenters. The van der Waals surface area contributed by atoms with E-state index in [0.29, 0.717) is 13.2 Å². The highest BCUT2D eigenvalue weighted by atomic mass is 35.5. The first-order valence-electron chi connectivity index (χ1n) is 7.02. The molecule has 1 spiro atoms. The fourth-order valence-corrected chi connectivity index (χ4v) is 3.34. The van der Waals surface area contributed by atoms with Crippen LogP contribution < -0.4 is 5.73 Å². The van der Waals surface area contributed by atoms with Crippen LogP contribution in [0.4, 0.5) is 4.39 Å². The molecule has 110 valence electrons. The van der Waals surface area contributed by atoms with E-state index in [1.807, 2.05) is 6.07 Å². The largest absolute Gasteiger partial charge is 0.378 e. The lowest BCUT2D eigenvalue weighted by Gasteiger charge is -2.39. The summed E-state index contributed by atoms with van der Waals surface area (Å²) in [7, 11) is 0. The lowest BCUT2D eigenvalue weighted by molar-refractivity contribution is -0.101. The van der Waals surface area contributed by atoms with Gasteiger partial charge in [0.25, 0.3) is 0 Å². The zero-order valence-corrected chi connectivity index (χ0v) is 12.0. The van der Waals surface area contributed by atoms with Gasteiger partial charge in [0.05, 0.1) is 17.2 Å². The Labute approximate surface area is 123 Å². The summed E-state index contributed by atoms with van der Waals surface area (Å²) < 4.78 is 24.9. The maximum absolute atomic E-state index is 13.6. The smallest absolute Gasteiger partial charge is 0.142 e. The summed E-state index contributed by atoms with van der Waals surface area (Å²) >= 11 is 5.72. The standard InChI is InChI=1S/C15H19ClFNO2/c16-12-2-1-10(7-13(12)17)14(18)11-3-5-20-15(8-11)4-6-19-9-15/h1-2,7,11,14H,3-6,8-9,18H2. The molecular formula is C15H19ClFNO2. The van der Waals surface area contributed by atoms with Crippen molar-refractivity contribution in [3.8, 4) is 0 Å². The maximum atomic E-state index is 13.6. The first-order valence-corrected chi connectivity index (χ1v) is 7.40. The summed E-state index contributed by atoms with van der Waals surface area (Å²) in [6.45, 7) is 2.08. The third kappa shape index (κ3) is 2.70. The lowest BCUT2D eigenvalue weighted by Crippen LogP contribution is -2.43. The van der Waals surface area contributed by atoms with Crippen molar-refractivity contribution in [2.24, 2.45) is 11.7 Å². The van der Waals surface area contributed by atoms with Crippen LogP contribution in [0.15, 0.2) is 18.2 Å². The van der Waals surface area contributed by atoms with E-state index in [1.54, 1.807) is 6.07 Å². The molecular weight excluding hydrogens is 281 g/mol. The minimum absolute atomic E-state index is 0.133. The number of hydrogen-bond donors (Lipinski definition) is 1. The summed E-state index contributed by atoms with van der Waals surface area (Å²) in [6, 6.07) is 4.63. The van der Waals surface area contributed by atoms with Gasteiger partial charge in [-0.1, -0.05) is 17.7 Å². The molecule has 20 heavy (non-hydrogen) atoms. The van der Waals surface area contributed by atoms with E-state index >= 15 is 0 Å². The van der Waals surface area contributed by atoms with Crippen molar-refractivity contribution < 1.29 is 13.9 Å². The number of ether oxygens (including phenoxy) is 2. The second-order valence-corrected chi connectivity index (χ2v) is 6.19. The summed E-state index contributed by atoms with van der Waals surface area (Å²) in [5.41, 5.74) is 6.96. The zero-order valence-electron chi connectivity index (χ0n) is 11.3. The van der Waals surface area contributed by atoms with Gasteiger partial charge >= 0.3 is 0 Å². The number of nitrogens with two attached hydrogens (primary N) is 1. The molecule has 0 bridgehead atoms. The minimum Gasteiger partial charge on any atom is -0.378 e. The first kappa shape index (κ1) is 14.3. The van der Waals surface area contributed by atoms with Gasteiger partial charge < -0.3 is 15.2 Å². The highest BCUT2D eigenvalue weighted by Crippen LogP contribution is 2.40. The van der Waals surface area contributed by atoms with Gasteiger partial charge in [-0.2, -0.15) is 0 Å². The van der Waals surface area contributed by atoms with Gasteiger partial charge in [0.1, 0.15) is 5.82 Å². The Morgan fingerprint density at radius 2 is 2.25 bits per heavy atom. The van der Waals surface area contributed by atoms with Crippen molar-refractivity contribution in [3.63, 3.8) is 0 Å². The van der Waals surface area contributed by atoms with Crippen LogP contribution in [-0.4, -0.2) is 25.4 Å².